The smallest absolute Gasteiger partial charge is 0.194 e. The fourth-order valence-electron chi connectivity index (χ4n) is 1.60. The molecule has 1 aromatic rings. The predicted octanol–water partition coefficient (Wildman–Crippen LogP) is 1.28. The SMILES string of the molecule is OC1CN(Cc2ccc(F)c(F)c2F)C1. The van der Waals surface area contributed by atoms with Crippen molar-refractivity contribution in [2.45, 2.75) is 12.6 Å². The molecule has 0 spiro atoms. The van der Waals surface area contributed by atoms with E-state index >= 15 is 0 Å². The third kappa shape index (κ3) is 1.98. The highest BCUT2D eigenvalue weighted by molar-refractivity contribution is 5.20. The zero-order valence-corrected chi connectivity index (χ0v) is 7.88. The van der Waals surface area contributed by atoms with Gasteiger partial charge in [0.1, 0.15) is 0 Å². The molecule has 1 heterocycles. The van der Waals surface area contributed by atoms with Gasteiger partial charge in [0.15, 0.2) is 17.5 Å². The lowest BCUT2D eigenvalue weighted by Gasteiger charge is -2.35. The normalized spacial score (nSPS) is 17.9. The van der Waals surface area contributed by atoms with E-state index in [4.69, 9.17) is 5.11 Å². The van der Waals surface area contributed by atoms with Crippen LogP contribution < -0.4 is 0 Å². The average Bonchev–Trinajstić information content (AvgIpc) is 2.16. The summed E-state index contributed by atoms with van der Waals surface area (Å²) in [5.41, 5.74) is 0.112. The van der Waals surface area contributed by atoms with Crippen molar-refractivity contribution in [2.24, 2.45) is 0 Å². The first-order valence-corrected chi connectivity index (χ1v) is 4.60. The molecule has 0 aromatic heterocycles. The van der Waals surface area contributed by atoms with E-state index in [1.54, 1.807) is 4.90 Å². The van der Waals surface area contributed by atoms with Crippen molar-refractivity contribution in [3.05, 3.63) is 35.1 Å². The molecular weight excluding hydrogens is 207 g/mol. The summed E-state index contributed by atoms with van der Waals surface area (Å²) in [6.07, 6.45) is -0.390. The number of hydrogen-bond donors (Lipinski definition) is 1. The summed E-state index contributed by atoms with van der Waals surface area (Å²) in [4.78, 5) is 1.75. The van der Waals surface area contributed by atoms with E-state index in [2.05, 4.69) is 0 Å². The summed E-state index contributed by atoms with van der Waals surface area (Å²) >= 11 is 0. The van der Waals surface area contributed by atoms with E-state index in [1.165, 1.54) is 6.07 Å². The van der Waals surface area contributed by atoms with Gasteiger partial charge in [-0.25, -0.2) is 13.2 Å². The van der Waals surface area contributed by atoms with Crippen LogP contribution in [0.25, 0.3) is 0 Å². The zero-order chi connectivity index (χ0) is 11.0. The van der Waals surface area contributed by atoms with Gasteiger partial charge in [0, 0.05) is 25.2 Å². The molecule has 0 saturated carbocycles. The first-order valence-electron chi connectivity index (χ1n) is 4.60. The lowest BCUT2D eigenvalue weighted by Crippen LogP contribution is -2.49. The molecule has 0 unspecified atom stereocenters. The fourth-order valence-corrected chi connectivity index (χ4v) is 1.60. The lowest BCUT2D eigenvalue weighted by atomic mass is 10.1. The third-order valence-corrected chi connectivity index (χ3v) is 2.45. The summed E-state index contributed by atoms with van der Waals surface area (Å²) in [5.74, 6) is -3.76. The molecule has 5 heteroatoms. The number of benzene rings is 1. The van der Waals surface area contributed by atoms with Gasteiger partial charge >= 0.3 is 0 Å². The van der Waals surface area contributed by atoms with Crippen LogP contribution in [0.3, 0.4) is 0 Å². The van der Waals surface area contributed by atoms with Crippen molar-refractivity contribution in [1.29, 1.82) is 0 Å². The van der Waals surface area contributed by atoms with Gasteiger partial charge in [-0.1, -0.05) is 6.07 Å². The van der Waals surface area contributed by atoms with Crippen LogP contribution in [0.2, 0.25) is 0 Å². The topological polar surface area (TPSA) is 23.5 Å². The number of hydrogen-bond acceptors (Lipinski definition) is 2. The second-order valence-corrected chi connectivity index (χ2v) is 3.68. The molecule has 2 rings (SSSR count). The first kappa shape index (κ1) is 10.4. The molecule has 82 valence electrons. The summed E-state index contributed by atoms with van der Waals surface area (Å²) in [5, 5.41) is 8.99. The Morgan fingerprint density at radius 1 is 1.20 bits per heavy atom. The average molecular weight is 217 g/mol. The van der Waals surface area contributed by atoms with Crippen LogP contribution in [0.1, 0.15) is 5.56 Å². The Morgan fingerprint density at radius 3 is 2.47 bits per heavy atom. The number of β-amino-alcohol motifs (C(OH)–C–C–N with tert-alkyl or cyclic N) is 1. The Morgan fingerprint density at radius 2 is 1.87 bits per heavy atom. The summed E-state index contributed by atoms with van der Waals surface area (Å²) in [7, 11) is 0. The van der Waals surface area contributed by atoms with Crippen LogP contribution in [0.15, 0.2) is 12.1 Å². The second-order valence-electron chi connectivity index (χ2n) is 3.68. The van der Waals surface area contributed by atoms with Crippen molar-refractivity contribution in [2.75, 3.05) is 13.1 Å². The van der Waals surface area contributed by atoms with Crippen LogP contribution in [-0.4, -0.2) is 29.2 Å². The molecule has 2 nitrogen and oxygen atoms in total. The molecule has 0 amide bonds. The molecule has 1 aromatic carbocycles. The number of aliphatic hydroxyl groups excluding tert-OH is 1. The maximum Gasteiger partial charge on any atom is 0.194 e. The fraction of sp³-hybridized carbons (Fsp3) is 0.400. The Labute approximate surface area is 84.9 Å². The predicted molar refractivity (Wildman–Crippen MR) is 47.6 cm³/mol. The van der Waals surface area contributed by atoms with Gasteiger partial charge in [-0.05, 0) is 6.07 Å². The van der Waals surface area contributed by atoms with Crippen molar-refractivity contribution in [3.8, 4) is 0 Å². The van der Waals surface area contributed by atoms with Gasteiger partial charge in [-0.3, -0.25) is 4.90 Å². The van der Waals surface area contributed by atoms with Crippen molar-refractivity contribution in [1.82, 2.24) is 4.90 Å². The second kappa shape index (κ2) is 3.83. The monoisotopic (exact) mass is 217 g/mol. The minimum Gasteiger partial charge on any atom is -0.390 e. The van der Waals surface area contributed by atoms with Gasteiger partial charge in [0.05, 0.1) is 6.10 Å². The molecule has 15 heavy (non-hydrogen) atoms. The molecule has 1 saturated heterocycles. The molecule has 1 aliphatic rings. The van der Waals surface area contributed by atoms with Crippen LogP contribution in [0.4, 0.5) is 13.2 Å². The van der Waals surface area contributed by atoms with E-state index < -0.39 is 23.6 Å². The molecule has 0 radical (unpaired) electrons. The molecule has 0 aliphatic carbocycles. The van der Waals surface area contributed by atoms with Crippen LogP contribution >= 0.6 is 0 Å². The molecular formula is C10H10F3NO. The molecule has 0 atom stereocenters. The minimum absolute atomic E-state index is 0.112. The largest absolute Gasteiger partial charge is 0.390 e. The number of aliphatic hydroxyl groups is 1. The summed E-state index contributed by atoms with van der Waals surface area (Å²) in [6.45, 7) is 1.08. The van der Waals surface area contributed by atoms with Gasteiger partial charge in [0.2, 0.25) is 0 Å². The summed E-state index contributed by atoms with van der Waals surface area (Å²) in [6, 6.07) is 2.13. The molecule has 1 N–H and O–H groups in total. The highest BCUT2D eigenvalue weighted by Crippen LogP contribution is 2.19. The van der Waals surface area contributed by atoms with Gasteiger partial charge in [0.25, 0.3) is 0 Å². The lowest BCUT2D eigenvalue weighted by molar-refractivity contribution is -0.00354. The third-order valence-electron chi connectivity index (χ3n) is 2.45. The number of halogens is 3. The Hall–Kier alpha value is -1.07. The Balaban J connectivity index is 2.12. The number of nitrogens with zero attached hydrogens (tertiary/aromatic N) is 1. The maximum atomic E-state index is 13.2. The Kier molecular flexibility index (Phi) is 2.67. The van der Waals surface area contributed by atoms with Gasteiger partial charge in [-0.2, -0.15) is 0 Å². The zero-order valence-electron chi connectivity index (χ0n) is 7.88. The van der Waals surface area contributed by atoms with E-state index in [-0.39, 0.29) is 12.1 Å². The molecule has 0 bridgehead atoms. The van der Waals surface area contributed by atoms with Crippen LogP contribution in [0.5, 0.6) is 0 Å². The summed E-state index contributed by atoms with van der Waals surface area (Å²) < 4.78 is 38.6. The van der Waals surface area contributed by atoms with Gasteiger partial charge in [-0.15, -0.1) is 0 Å². The standard InChI is InChI=1S/C10H10F3NO/c11-8-2-1-6(9(12)10(8)13)3-14-4-7(15)5-14/h1-2,7,15H,3-5H2. The van der Waals surface area contributed by atoms with Gasteiger partial charge < -0.3 is 5.11 Å². The van der Waals surface area contributed by atoms with Crippen molar-refractivity contribution in [3.63, 3.8) is 0 Å². The van der Waals surface area contributed by atoms with Crippen LogP contribution in [0, 0.1) is 17.5 Å². The maximum absolute atomic E-state index is 13.2. The highest BCUT2D eigenvalue weighted by atomic mass is 19.2. The van der Waals surface area contributed by atoms with Crippen LogP contribution in [-0.2, 0) is 6.54 Å². The van der Waals surface area contributed by atoms with E-state index in [1.807, 2.05) is 0 Å². The van der Waals surface area contributed by atoms with E-state index in [0.717, 1.165) is 6.07 Å². The van der Waals surface area contributed by atoms with E-state index in [9.17, 15) is 13.2 Å². The molecule has 1 aliphatic heterocycles. The quantitative estimate of drug-likeness (QED) is 0.754. The van der Waals surface area contributed by atoms with E-state index in [0.29, 0.717) is 13.1 Å². The molecule has 1 fully saturated rings. The first-order chi connectivity index (χ1) is 7.08. The van der Waals surface area contributed by atoms with Crippen molar-refractivity contribution >= 4 is 0 Å². The highest BCUT2D eigenvalue weighted by Gasteiger charge is 2.25. The number of likely N-dealkylation sites (tertiary alicyclic amines) is 1. The Bertz CT molecular complexity index is 377. The number of rotatable bonds is 2. The van der Waals surface area contributed by atoms with Crippen molar-refractivity contribution < 1.29 is 18.3 Å². The minimum atomic E-state index is -1.44.